The van der Waals surface area contributed by atoms with Gasteiger partial charge in [-0.25, -0.2) is 14.6 Å². The highest BCUT2D eigenvalue weighted by molar-refractivity contribution is 5.89. The van der Waals surface area contributed by atoms with Gasteiger partial charge in [0.1, 0.15) is 5.82 Å². The summed E-state index contributed by atoms with van der Waals surface area (Å²) >= 11 is 0. The average Bonchev–Trinajstić information content (AvgIpc) is 3.21. The molecule has 4 N–H and O–H groups in total. The predicted molar refractivity (Wildman–Crippen MR) is 79.8 cm³/mol. The molecule has 0 aromatic carbocycles. The molecule has 25 heavy (non-hydrogen) atoms. The van der Waals surface area contributed by atoms with Gasteiger partial charge in [0.05, 0.1) is 17.5 Å². The Balaban J connectivity index is 2.13. The molecule has 0 fully saturated rings. The molecule has 3 heterocycles. The molecule has 0 spiro atoms. The number of imidazole rings is 1. The van der Waals surface area contributed by atoms with Gasteiger partial charge < -0.3 is 16.0 Å². The quantitative estimate of drug-likeness (QED) is 0.648. The molecule has 3 rings (SSSR count). The van der Waals surface area contributed by atoms with Gasteiger partial charge in [-0.2, -0.15) is 23.3 Å². The molecule has 3 aromatic heterocycles. The number of aromatic nitrogens is 6. The molecule has 0 aliphatic rings. The number of primary amides is 1. The highest BCUT2D eigenvalue weighted by atomic mass is 19.4. The van der Waals surface area contributed by atoms with Crippen molar-refractivity contribution in [2.24, 2.45) is 5.73 Å². The SMILES string of the molecule is CNc1ccnc(-n2cc(-c3cnc(C(N)=O)[nH]3)c(C(F)(F)F)n2)n1. The van der Waals surface area contributed by atoms with Crippen molar-refractivity contribution in [3.8, 4) is 17.2 Å². The Hall–Kier alpha value is -3.44. The van der Waals surface area contributed by atoms with Crippen LogP contribution in [-0.2, 0) is 6.18 Å². The summed E-state index contributed by atoms with van der Waals surface area (Å²) in [4.78, 5) is 25.1. The lowest BCUT2D eigenvalue weighted by atomic mass is 10.2. The van der Waals surface area contributed by atoms with Gasteiger partial charge in [-0.3, -0.25) is 4.79 Å². The van der Waals surface area contributed by atoms with E-state index in [1.54, 1.807) is 13.1 Å². The Bertz CT molecular complexity index is 929. The topological polar surface area (TPSA) is 127 Å². The second-order valence-corrected chi connectivity index (χ2v) is 4.84. The van der Waals surface area contributed by atoms with Gasteiger partial charge in [-0.15, -0.1) is 0 Å². The molecule has 12 heteroatoms. The molecular formula is C13H11F3N8O. The zero-order valence-corrected chi connectivity index (χ0v) is 12.7. The molecular weight excluding hydrogens is 341 g/mol. The smallest absolute Gasteiger partial charge is 0.373 e. The van der Waals surface area contributed by atoms with Gasteiger partial charge in [0, 0.05) is 19.4 Å². The van der Waals surface area contributed by atoms with E-state index in [9.17, 15) is 18.0 Å². The normalized spacial score (nSPS) is 11.5. The Morgan fingerprint density at radius 1 is 1.36 bits per heavy atom. The van der Waals surface area contributed by atoms with Crippen molar-refractivity contribution in [1.29, 1.82) is 0 Å². The third-order valence-electron chi connectivity index (χ3n) is 3.19. The molecule has 0 bridgehead atoms. The zero-order chi connectivity index (χ0) is 18.2. The van der Waals surface area contributed by atoms with Crippen LogP contribution in [0, 0.1) is 0 Å². The summed E-state index contributed by atoms with van der Waals surface area (Å²) in [5.41, 5.74) is 3.51. The number of hydrogen-bond donors (Lipinski definition) is 3. The number of carbonyl (C=O) groups excluding carboxylic acids is 1. The highest BCUT2D eigenvalue weighted by Gasteiger charge is 2.38. The van der Waals surface area contributed by atoms with Gasteiger partial charge >= 0.3 is 6.18 Å². The molecule has 0 aliphatic carbocycles. The first-order valence-electron chi connectivity index (χ1n) is 6.83. The maximum Gasteiger partial charge on any atom is 0.435 e. The number of nitrogens with zero attached hydrogens (tertiary/aromatic N) is 5. The first-order valence-corrected chi connectivity index (χ1v) is 6.83. The standard InChI is InChI=1S/C13H11F3N8O/c1-18-8-2-3-19-12(22-8)24-5-6(9(23-24)13(14,15)16)7-4-20-11(21-7)10(17)25/h2-5H,1H3,(H2,17,25)(H,20,21)(H,18,19,22). The van der Waals surface area contributed by atoms with Crippen molar-refractivity contribution in [3.63, 3.8) is 0 Å². The fraction of sp³-hybridized carbons (Fsp3) is 0.154. The molecule has 0 atom stereocenters. The molecule has 0 unspecified atom stereocenters. The minimum atomic E-state index is -4.74. The van der Waals surface area contributed by atoms with Gasteiger partial charge in [-0.1, -0.05) is 0 Å². The number of halogens is 3. The summed E-state index contributed by atoms with van der Waals surface area (Å²) in [6, 6.07) is 1.55. The molecule has 3 aromatic rings. The van der Waals surface area contributed by atoms with Crippen molar-refractivity contribution >= 4 is 11.7 Å². The van der Waals surface area contributed by atoms with Crippen LogP contribution in [0.3, 0.4) is 0 Å². The van der Waals surface area contributed by atoms with Gasteiger partial charge in [0.15, 0.2) is 11.5 Å². The van der Waals surface area contributed by atoms with E-state index in [-0.39, 0.29) is 23.0 Å². The Kier molecular flexibility index (Phi) is 3.87. The van der Waals surface area contributed by atoms with Gasteiger partial charge in [0.25, 0.3) is 11.9 Å². The summed E-state index contributed by atoms with van der Waals surface area (Å²) in [5, 5.41) is 6.29. The second kappa shape index (κ2) is 5.89. The largest absolute Gasteiger partial charge is 0.435 e. The number of nitrogens with one attached hydrogen (secondary N) is 2. The lowest BCUT2D eigenvalue weighted by molar-refractivity contribution is -0.140. The maximum absolute atomic E-state index is 13.3. The van der Waals surface area contributed by atoms with Crippen molar-refractivity contribution in [2.75, 3.05) is 12.4 Å². The number of H-pyrrole nitrogens is 1. The summed E-state index contributed by atoms with van der Waals surface area (Å²) in [5.74, 6) is -0.798. The van der Waals surface area contributed by atoms with E-state index >= 15 is 0 Å². The first kappa shape index (κ1) is 16.4. The van der Waals surface area contributed by atoms with E-state index in [1.807, 2.05) is 0 Å². The molecule has 130 valence electrons. The number of amides is 1. The number of carbonyl (C=O) groups is 1. The first-order chi connectivity index (χ1) is 11.8. The number of nitrogens with two attached hydrogens (primary N) is 1. The molecule has 9 nitrogen and oxygen atoms in total. The number of aromatic amines is 1. The van der Waals surface area contributed by atoms with Crippen molar-refractivity contribution < 1.29 is 18.0 Å². The Morgan fingerprint density at radius 2 is 2.12 bits per heavy atom. The van der Waals surface area contributed by atoms with E-state index in [1.165, 1.54) is 6.20 Å². The number of rotatable bonds is 4. The van der Waals surface area contributed by atoms with Crippen LogP contribution >= 0.6 is 0 Å². The number of alkyl halides is 3. The van der Waals surface area contributed by atoms with E-state index < -0.39 is 17.8 Å². The predicted octanol–water partition coefficient (Wildman–Crippen LogP) is 1.21. The number of anilines is 1. The fourth-order valence-corrected chi connectivity index (χ4v) is 2.06. The maximum atomic E-state index is 13.3. The zero-order valence-electron chi connectivity index (χ0n) is 12.7. The van der Waals surface area contributed by atoms with Gasteiger partial charge in [-0.05, 0) is 6.07 Å². The lowest BCUT2D eigenvalue weighted by Gasteiger charge is -2.04. The van der Waals surface area contributed by atoms with Crippen LogP contribution < -0.4 is 11.1 Å². The molecule has 0 saturated carbocycles. The van der Waals surface area contributed by atoms with Crippen LogP contribution in [-0.4, -0.2) is 42.7 Å². The summed E-state index contributed by atoms with van der Waals surface area (Å²) in [6.45, 7) is 0. The van der Waals surface area contributed by atoms with Gasteiger partial charge in [0.2, 0.25) is 0 Å². The van der Waals surface area contributed by atoms with Crippen molar-refractivity contribution in [3.05, 3.63) is 36.2 Å². The van der Waals surface area contributed by atoms with Crippen LogP contribution in [0.25, 0.3) is 17.2 Å². The number of hydrogen-bond acceptors (Lipinski definition) is 6. The third-order valence-corrected chi connectivity index (χ3v) is 3.19. The van der Waals surface area contributed by atoms with Crippen molar-refractivity contribution in [1.82, 2.24) is 29.7 Å². The minimum absolute atomic E-state index is 0.0572. The Labute approximate surface area is 138 Å². The van der Waals surface area contributed by atoms with Crippen molar-refractivity contribution in [2.45, 2.75) is 6.18 Å². The lowest BCUT2D eigenvalue weighted by Crippen LogP contribution is -2.12. The minimum Gasteiger partial charge on any atom is -0.373 e. The molecule has 0 radical (unpaired) electrons. The van der Waals surface area contributed by atoms with E-state index in [4.69, 9.17) is 5.73 Å². The van der Waals surface area contributed by atoms with Crippen LogP contribution in [0.4, 0.5) is 19.0 Å². The third kappa shape index (κ3) is 3.13. The Morgan fingerprint density at radius 3 is 2.72 bits per heavy atom. The van der Waals surface area contributed by atoms with Crippen LogP contribution in [0.1, 0.15) is 16.3 Å². The van der Waals surface area contributed by atoms with Crippen LogP contribution in [0.15, 0.2) is 24.7 Å². The second-order valence-electron chi connectivity index (χ2n) is 4.84. The fourth-order valence-electron chi connectivity index (χ4n) is 2.06. The summed E-state index contributed by atoms with van der Waals surface area (Å²) < 4.78 is 40.8. The molecule has 0 aliphatic heterocycles. The van der Waals surface area contributed by atoms with Crippen LogP contribution in [0.2, 0.25) is 0 Å². The van der Waals surface area contributed by atoms with E-state index in [0.717, 1.165) is 17.1 Å². The molecule has 1 amide bonds. The van der Waals surface area contributed by atoms with E-state index in [0.29, 0.717) is 5.82 Å². The monoisotopic (exact) mass is 352 g/mol. The summed E-state index contributed by atoms with van der Waals surface area (Å²) in [7, 11) is 1.61. The average molecular weight is 352 g/mol. The van der Waals surface area contributed by atoms with Crippen LogP contribution in [0.5, 0.6) is 0 Å². The van der Waals surface area contributed by atoms with E-state index in [2.05, 4.69) is 30.4 Å². The molecule has 0 saturated heterocycles. The highest BCUT2D eigenvalue weighted by Crippen LogP contribution is 2.35. The summed E-state index contributed by atoms with van der Waals surface area (Å²) in [6.07, 6.45) is -1.19.